The molecular formula is C27H32FNO5. The first-order valence-electron chi connectivity index (χ1n) is 11.4. The number of carbonyl (C=O) groups is 2. The molecule has 34 heavy (non-hydrogen) atoms. The van der Waals surface area contributed by atoms with Gasteiger partial charge in [0.1, 0.15) is 17.3 Å². The molecule has 0 bridgehead atoms. The summed E-state index contributed by atoms with van der Waals surface area (Å²) in [6.45, 7) is 9.95. The standard InChI is InChI=1S/C27H32FNO5/c1-15(2)20-14-21(17(5)13-22(20)33-6)25(30)23-24(18-7-9-19(28)10-8-18)29(27(32)26(23)31)11-12-34-16(3)4/h7-10,13-16,24,30H,11-12H2,1-6H3/b25-23+. The van der Waals surface area contributed by atoms with E-state index < -0.39 is 23.5 Å². The van der Waals surface area contributed by atoms with E-state index in [1.165, 1.54) is 29.2 Å². The maximum Gasteiger partial charge on any atom is 0.295 e. The molecule has 3 rings (SSSR count). The highest BCUT2D eigenvalue weighted by Gasteiger charge is 2.46. The van der Waals surface area contributed by atoms with Crippen molar-refractivity contribution in [1.82, 2.24) is 4.90 Å². The molecule has 1 atom stereocenters. The van der Waals surface area contributed by atoms with Crippen molar-refractivity contribution in [2.75, 3.05) is 20.3 Å². The van der Waals surface area contributed by atoms with Gasteiger partial charge in [-0.15, -0.1) is 0 Å². The number of Topliss-reactive ketones (excluding diaryl/α,β-unsaturated/α-hetero) is 1. The van der Waals surface area contributed by atoms with Crippen LogP contribution in [0.5, 0.6) is 5.75 Å². The van der Waals surface area contributed by atoms with Gasteiger partial charge in [-0.2, -0.15) is 0 Å². The fourth-order valence-electron chi connectivity index (χ4n) is 4.22. The van der Waals surface area contributed by atoms with E-state index in [0.717, 1.165) is 5.56 Å². The summed E-state index contributed by atoms with van der Waals surface area (Å²) in [5.74, 6) is -1.41. The van der Waals surface area contributed by atoms with Crippen molar-refractivity contribution in [3.05, 3.63) is 70.0 Å². The average Bonchev–Trinajstić information content (AvgIpc) is 3.03. The number of hydrogen-bond acceptors (Lipinski definition) is 5. The number of methoxy groups -OCH3 is 1. The lowest BCUT2D eigenvalue weighted by Crippen LogP contribution is -2.33. The number of aryl methyl sites for hydroxylation is 1. The number of amides is 1. The van der Waals surface area contributed by atoms with Crippen LogP contribution in [0.25, 0.3) is 5.76 Å². The van der Waals surface area contributed by atoms with Gasteiger partial charge in [0, 0.05) is 12.1 Å². The lowest BCUT2D eigenvalue weighted by atomic mass is 9.91. The minimum Gasteiger partial charge on any atom is -0.507 e. The number of rotatable bonds is 8. The zero-order valence-electron chi connectivity index (χ0n) is 20.5. The smallest absolute Gasteiger partial charge is 0.295 e. The van der Waals surface area contributed by atoms with Gasteiger partial charge in [-0.3, -0.25) is 9.59 Å². The number of likely N-dealkylation sites (tertiary alicyclic amines) is 1. The summed E-state index contributed by atoms with van der Waals surface area (Å²) in [4.78, 5) is 27.6. The number of benzene rings is 2. The van der Waals surface area contributed by atoms with Gasteiger partial charge >= 0.3 is 0 Å². The van der Waals surface area contributed by atoms with Crippen molar-refractivity contribution in [2.24, 2.45) is 0 Å². The third-order valence-corrected chi connectivity index (χ3v) is 5.96. The minimum atomic E-state index is -0.861. The van der Waals surface area contributed by atoms with Gasteiger partial charge in [0.05, 0.1) is 31.4 Å². The normalized spacial score (nSPS) is 17.8. The molecule has 1 unspecified atom stereocenters. The largest absolute Gasteiger partial charge is 0.507 e. The molecule has 0 aromatic heterocycles. The fraction of sp³-hybridized carbons (Fsp3) is 0.407. The van der Waals surface area contributed by atoms with Crippen molar-refractivity contribution in [1.29, 1.82) is 0 Å². The molecule has 182 valence electrons. The quantitative estimate of drug-likeness (QED) is 0.330. The van der Waals surface area contributed by atoms with E-state index in [2.05, 4.69) is 0 Å². The average molecular weight is 470 g/mol. The topological polar surface area (TPSA) is 76.1 Å². The third-order valence-electron chi connectivity index (χ3n) is 5.96. The van der Waals surface area contributed by atoms with Crippen LogP contribution in [-0.2, 0) is 14.3 Å². The Labute approximate surface area is 200 Å². The van der Waals surface area contributed by atoms with Gasteiger partial charge in [0.2, 0.25) is 0 Å². The Morgan fingerprint density at radius 3 is 2.32 bits per heavy atom. The zero-order valence-corrected chi connectivity index (χ0v) is 20.5. The number of aliphatic hydroxyl groups is 1. The summed E-state index contributed by atoms with van der Waals surface area (Å²) in [6.07, 6.45) is -0.0440. The van der Waals surface area contributed by atoms with Crippen LogP contribution in [0.3, 0.4) is 0 Å². The Kier molecular flexibility index (Phi) is 7.77. The molecule has 1 heterocycles. The van der Waals surface area contributed by atoms with Crippen molar-refractivity contribution < 1.29 is 28.6 Å². The Balaban J connectivity index is 2.18. The molecule has 1 N–H and O–H groups in total. The molecule has 1 saturated heterocycles. The number of aliphatic hydroxyl groups excluding tert-OH is 1. The molecule has 0 saturated carbocycles. The van der Waals surface area contributed by atoms with E-state index in [-0.39, 0.29) is 36.5 Å². The molecule has 1 aliphatic heterocycles. The number of carbonyl (C=O) groups excluding carboxylic acids is 2. The predicted octanol–water partition coefficient (Wildman–Crippen LogP) is 5.11. The maximum atomic E-state index is 13.6. The van der Waals surface area contributed by atoms with E-state index in [0.29, 0.717) is 22.4 Å². The first-order chi connectivity index (χ1) is 16.1. The monoisotopic (exact) mass is 469 g/mol. The summed E-state index contributed by atoms with van der Waals surface area (Å²) in [7, 11) is 1.58. The van der Waals surface area contributed by atoms with Gasteiger partial charge in [0.15, 0.2) is 0 Å². The van der Waals surface area contributed by atoms with Gasteiger partial charge in [-0.05, 0) is 67.6 Å². The highest BCUT2D eigenvalue weighted by Crippen LogP contribution is 2.41. The first kappa shape index (κ1) is 25.4. The second-order valence-electron chi connectivity index (χ2n) is 9.03. The van der Waals surface area contributed by atoms with E-state index >= 15 is 0 Å². The van der Waals surface area contributed by atoms with E-state index in [1.807, 2.05) is 33.8 Å². The number of hydrogen-bond donors (Lipinski definition) is 1. The molecule has 1 aliphatic rings. The van der Waals surface area contributed by atoms with Crippen LogP contribution >= 0.6 is 0 Å². The number of ketones is 1. The van der Waals surface area contributed by atoms with Crippen molar-refractivity contribution in [2.45, 2.75) is 52.7 Å². The van der Waals surface area contributed by atoms with Crippen LogP contribution in [0.15, 0.2) is 42.0 Å². The van der Waals surface area contributed by atoms with Crippen molar-refractivity contribution in [3.63, 3.8) is 0 Å². The van der Waals surface area contributed by atoms with Crippen LogP contribution < -0.4 is 4.74 Å². The molecule has 2 aromatic carbocycles. The Morgan fingerprint density at radius 1 is 1.12 bits per heavy atom. The van der Waals surface area contributed by atoms with Gasteiger partial charge < -0.3 is 19.5 Å². The third kappa shape index (κ3) is 4.99. The van der Waals surface area contributed by atoms with Crippen LogP contribution in [0.2, 0.25) is 0 Å². The molecule has 7 heteroatoms. The molecule has 1 amide bonds. The highest BCUT2D eigenvalue weighted by molar-refractivity contribution is 6.46. The summed E-state index contributed by atoms with van der Waals surface area (Å²) in [5, 5.41) is 11.4. The van der Waals surface area contributed by atoms with Crippen molar-refractivity contribution in [3.8, 4) is 5.75 Å². The minimum absolute atomic E-state index is 0.0240. The Bertz CT molecular complexity index is 1100. The summed E-state index contributed by atoms with van der Waals surface area (Å²) >= 11 is 0. The molecule has 0 spiro atoms. The van der Waals surface area contributed by atoms with Crippen molar-refractivity contribution >= 4 is 17.4 Å². The van der Waals surface area contributed by atoms with Crippen LogP contribution in [-0.4, -0.2) is 48.1 Å². The van der Waals surface area contributed by atoms with Gasteiger partial charge in [-0.1, -0.05) is 26.0 Å². The predicted molar refractivity (Wildman–Crippen MR) is 128 cm³/mol. The summed E-state index contributed by atoms with van der Waals surface area (Å²) in [5.41, 5.74) is 2.53. The lowest BCUT2D eigenvalue weighted by molar-refractivity contribution is -0.140. The summed E-state index contributed by atoms with van der Waals surface area (Å²) in [6, 6.07) is 8.34. The molecule has 2 aromatic rings. The van der Waals surface area contributed by atoms with Crippen LogP contribution in [0.4, 0.5) is 4.39 Å². The maximum absolute atomic E-state index is 13.6. The molecule has 0 aliphatic carbocycles. The SMILES string of the molecule is COc1cc(C)c(/C(O)=C2\C(=O)C(=O)N(CCOC(C)C)C2c2ccc(F)cc2)cc1C(C)C. The van der Waals surface area contributed by atoms with Gasteiger partial charge in [-0.25, -0.2) is 4.39 Å². The Hall–Kier alpha value is -3.19. The second-order valence-corrected chi connectivity index (χ2v) is 9.03. The van der Waals surface area contributed by atoms with Gasteiger partial charge in [0.25, 0.3) is 11.7 Å². The fourth-order valence-corrected chi connectivity index (χ4v) is 4.22. The van der Waals surface area contributed by atoms with Crippen LogP contribution in [0, 0.1) is 12.7 Å². The molecular weight excluding hydrogens is 437 g/mol. The highest BCUT2D eigenvalue weighted by atomic mass is 19.1. The number of halogens is 1. The molecule has 0 radical (unpaired) electrons. The van der Waals surface area contributed by atoms with E-state index in [1.54, 1.807) is 20.1 Å². The lowest BCUT2D eigenvalue weighted by Gasteiger charge is -2.26. The second kappa shape index (κ2) is 10.4. The molecule has 1 fully saturated rings. The number of nitrogens with zero attached hydrogens (tertiary/aromatic N) is 1. The first-order valence-corrected chi connectivity index (χ1v) is 11.4. The molecule has 6 nitrogen and oxygen atoms in total. The van der Waals surface area contributed by atoms with Crippen LogP contribution in [0.1, 0.15) is 61.9 Å². The van der Waals surface area contributed by atoms with E-state index in [9.17, 15) is 19.1 Å². The zero-order chi connectivity index (χ0) is 25.2. The van der Waals surface area contributed by atoms with E-state index in [4.69, 9.17) is 9.47 Å². The Morgan fingerprint density at radius 2 is 1.76 bits per heavy atom. The number of ether oxygens (including phenoxy) is 2. The summed E-state index contributed by atoms with van der Waals surface area (Å²) < 4.78 is 24.7.